The van der Waals surface area contributed by atoms with E-state index < -0.39 is 6.10 Å². The van der Waals surface area contributed by atoms with Gasteiger partial charge in [0.1, 0.15) is 5.82 Å². The van der Waals surface area contributed by atoms with Gasteiger partial charge in [-0.3, -0.25) is 4.79 Å². The number of aromatic nitrogens is 1. The maximum Gasteiger partial charge on any atom is 0.168 e. The van der Waals surface area contributed by atoms with Gasteiger partial charge in [-0.05, 0) is 48.2 Å². The molecule has 1 saturated carbocycles. The summed E-state index contributed by atoms with van der Waals surface area (Å²) in [5.41, 5.74) is 9.22. The average Bonchev–Trinajstić information content (AvgIpc) is 3.36. The maximum atomic E-state index is 12.9. The zero-order chi connectivity index (χ0) is 19.5. The molecule has 1 heterocycles. The van der Waals surface area contributed by atoms with Crippen LogP contribution >= 0.6 is 0 Å². The summed E-state index contributed by atoms with van der Waals surface area (Å²) in [6, 6.07) is 19.1. The number of H-pyrrole nitrogens is 1. The van der Waals surface area contributed by atoms with Crippen molar-refractivity contribution in [3.63, 3.8) is 0 Å². The number of aliphatic hydroxyl groups is 1. The van der Waals surface area contributed by atoms with Gasteiger partial charge in [-0.2, -0.15) is 0 Å². The van der Waals surface area contributed by atoms with Crippen LogP contribution in [0.15, 0.2) is 66.9 Å². The van der Waals surface area contributed by atoms with Crippen LogP contribution in [0.1, 0.15) is 23.2 Å². The number of aromatic amines is 1. The Morgan fingerprint density at radius 2 is 1.71 bits per heavy atom. The van der Waals surface area contributed by atoms with Crippen molar-refractivity contribution in [3.8, 4) is 11.1 Å². The predicted molar refractivity (Wildman–Crippen MR) is 112 cm³/mol. The molecule has 1 aliphatic rings. The van der Waals surface area contributed by atoms with E-state index in [0.717, 1.165) is 35.5 Å². The summed E-state index contributed by atoms with van der Waals surface area (Å²) >= 11 is 0. The van der Waals surface area contributed by atoms with Crippen LogP contribution in [0.2, 0.25) is 0 Å². The normalized spacial score (nSPS) is 21.5. The molecule has 28 heavy (non-hydrogen) atoms. The van der Waals surface area contributed by atoms with Crippen LogP contribution in [0.25, 0.3) is 11.1 Å². The van der Waals surface area contributed by atoms with Crippen molar-refractivity contribution in [2.24, 2.45) is 11.8 Å². The van der Waals surface area contributed by atoms with Crippen LogP contribution in [0.5, 0.6) is 0 Å². The lowest BCUT2D eigenvalue weighted by molar-refractivity contribution is 0.0665. The number of carbonyl (C=O) groups excluding carboxylic acids is 1. The van der Waals surface area contributed by atoms with Crippen molar-refractivity contribution in [2.75, 3.05) is 17.6 Å². The largest absolute Gasteiger partial charge is 0.399 e. The van der Waals surface area contributed by atoms with Gasteiger partial charge in [0, 0.05) is 35.8 Å². The van der Waals surface area contributed by atoms with Crippen LogP contribution in [0.4, 0.5) is 11.5 Å². The number of anilines is 2. The Kier molecular flexibility index (Phi) is 5.17. The van der Waals surface area contributed by atoms with Crippen molar-refractivity contribution >= 4 is 17.3 Å². The number of hydrogen-bond donors (Lipinski definition) is 4. The molecule has 0 aliphatic heterocycles. The Bertz CT molecular complexity index is 917. The van der Waals surface area contributed by atoms with Gasteiger partial charge in [-0.25, -0.2) is 0 Å². The molecule has 3 atom stereocenters. The van der Waals surface area contributed by atoms with E-state index in [2.05, 4.69) is 10.3 Å². The van der Waals surface area contributed by atoms with Crippen molar-refractivity contribution in [1.29, 1.82) is 0 Å². The lowest BCUT2D eigenvalue weighted by atomic mass is 9.91. The summed E-state index contributed by atoms with van der Waals surface area (Å²) in [5, 5.41) is 14.0. The van der Waals surface area contributed by atoms with Crippen LogP contribution < -0.4 is 11.1 Å². The molecule has 144 valence electrons. The van der Waals surface area contributed by atoms with Gasteiger partial charge in [0.25, 0.3) is 0 Å². The van der Waals surface area contributed by atoms with Crippen molar-refractivity contribution in [3.05, 3.63) is 72.4 Å². The molecule has 5 N–H and O–H groups in total. The fraction of sp³-hybridized carbons (Fsp3) is 0.261. The van der Waals surface area contributed by atoms with E-state index in [1.54, 1.807) is 0 Å². The predicted octanol–water partition coefficient (Wildman–Crippen LogP) is 3.95. The number of aliphatic hydroxyl groups excluding tert-OH is 1. The first-order valence-electron chi connectivity index (χ1n) is 9.67. The van der Waals surface area contributed by atoms with Gasteiger partial charge >= 0.3 is 0 Å². The van der Waals surface area contributed by atoms with Gasteiger partial charge in [0.15, 0.2) is 5.78 Å². The number of carbonyl (C=O) groups is 1. The summed E-state index contributed by atoms with van der Waals surface area (Å²) in [5.74, 6) is 0.697. The highest BCUT2D eigenvalue weighted by Crippen LogP contribution is 2.34. The number of nitrogens with two attached hydrogens (primary N) is 1. The van der Waals surface area contributed by atoms with Gasteiger partial charge in [0.05, 0.1) is 6.10 Å². The second-order valence-electron chi connectivity index (χ2n) is 7.46. The van der Waals surface area contributed by atoms with Crippen molar-refractivity contribution in [2.45, 2.75) is 18.9 Å². The van der Waals surface area contributed by atoms with Crippen molar-refractivity contribution < 1.29 is 9.90 Å². The van der Waals surface area contributed by atoms with Gasteiger partial charge in [-0.15, -0.1) is 0 Å². The third-order valence-corrected chi connectivity index (χ3v) is 5.65. The van der Waals surface area contributed by atoms with Gasteiger partial charge in [0.2, 0.25) is 0 Å². The Morgan fingerprint density at radius 1 is 1.04 bits per heavy atom. The van der Waals surface area contributed by atoms with E-state index in [9.17, 15) is 9.90 Å². The monoisotopic (exact) mass is 375 g/mol. The number of Topliss-reactive ketones (excluding diaryl/α,β-unsaturated/α-hetero) is 1. The minimum absolute atomic E-state index is 0.0266. The number of hydrogen-bond acceptors (Lipinski definition) is 4. The lowest BCUT2D eigenvalue weighted by Crippen LogP contribution is -2.30. The van der Waals surface area contributed by atoms with E-state index >= 15 is 0 Å². The van der Waals surface area contributed by atoms with E-state index in [-0.39, 0.29) is 17.6 Å². The molecule has 0 amide bonds. The van der Waals surface area contributed by atoms with Gasteiger partial charge in [-0.1, -0.05) is 36.4 Å². The first kappa shape index (κ1) is 18.3. The molecule has 3 aromatic rings. The second-order valence-corrected chi connectivity index (χ2v) is 7.46. The maximum absolute atomic E-state index is 12.9. The van der Waals surface area contributed by atoms with E-state index in [1.807, 2.05) is 66.9 Å². The van der Waals surface area contributed by atoms with Crippen LogP contribution in [-0.4, -0.2) is 28.5 Å². The molecule has 0 radical (unpaired) electrons. The third-order valence-electron chi connectivity index (χ3n) is 5.65. The van der Waals surface area contributed by atoms with Crippen molar-refractivity contribution in [1.82, 2.24) is 4.98 Å². The molecule has 0 bridgehead atoms. The summed E-state index contributed by atoms with van der Waals surface area (Å²) in [4.78, 5) is 16.0. The zero-order valence-corrected chi connectivity index (χ0v) is 15.6. The second kappa shape index (κ2) is 7.90. The smallest absolute Gasteiger partial charge is 0.168 e. The average molecular weight is 375 g/mol. The highest BCUT2D eigenvalue weighted by molar-refractivity contribution is 5.98. The number of rotatable bonds is 6. The summed E-state index contributed by atoms with van der Waals surface area (Å²) < 4.78 is 0. The van der Waals surface area contributed by atoms with E-state index in [4.69, 9.17) is 5.73 Å². The van der Waals surface area contributed by atoms with Crippen LogP contribution in [-0.2, 0) is 0 Å². The van der Waals surface area contributed by atoms with Crippen LogP contribution in [0.3, 0.4) is 0 Å². The molecule has 0 saturated heterocycles. The number of nitrogen functional groups attached to an aromatic ring is 1. The molecule has 2 aromatic carbocycles. The Morgan fingerprint density at radius 3 is 2.36 bits per heavy atom. The number of benzene rings is 2. The Labute approximate surface area is 164 Å². The highest BCUT2D eigenvalue weighted by atomic mass is 16.3. The minimum atomic E-state index is -0.619. The fourth-order valence-electron chi connectivity index (χ4n) is 3.97. The molecule has 1 aromatic heterocycles. The first-order valence-corrected chi connectivity index (χ1v) is 9.67. The molecule has 1 fully saturated rings. The molecule has 2 unspecified atom stereocenters. The lowest BCUT2D eigenvalue weighted by Gasteiger charge is -2.19. The molecule has 1 aliphatic carbocycles. The third kappa shape index (κ3) is 3.80. The SMILES string of the molecule is Nc1ccc(-c2ccc(C(=O)C3CC[C@@H](CNc4ccc[nH]4)C3O)cc2)cc1. The van der Waals surface area contributed by atoms with Crippen LogP contribution in [0, 0.1) is 11.8 Å². The first-order chi connectivity index (χ1) is 13.6. The van der Waals surface area contributed by atoms with E-state index in [1.165, 1.54) is 0 Å². The number of ketones is 1. The molecule has 4 rings (SSSR count). The molecular weight excluding hydrogens is 350 g/mol. The minimum Gasteiger partial charge on any atom is -0.399 e. The molecule has 5 heteroatoms. The topological polar surface area (TPSA) is 91.1 Å². The zero-order valence-electron chi connectivity index (χ0n) is 15.6. The Hall–Kier alpha value is -3.05. The summed E-state index contributed by atoms with van der Waals surface area (Å²) in [7, 11) is 0. The molecular formula is C23H25N3O2. The molecule has 0 spiro atoms. The Balaban J connectivity index is 1.40. The standard InChI is InChI=1S/C23H25N3O2/c24-19-10-7-16(8-11-19)15-3-5-17(6-4-15)22(27)20-12-9-18(23(20)28)14-26-21-2-1-13-25-21/h1-8,10-11,13,18,20,23,25-26,28H,9,12,14,24H2/t18-,20?,23?/m0/s1. The summed E-state index contributed by atoms with van der Waals surface area (Å²) in [6.07, 6.45) is 2.80. The van der Waals surface area contributed by atoms with E-state index in [0.29, 0.717) is 12.1 Å². The van der Waals surface area contributed by atoms with Gasteiger partial charge < -0.3 is 21.1 Å². The molecule has 5 nitrogen and oxygen atoms in total. The summed E-state index contributed by atoms with van der Waals surface area (Å²) in [6.45, 7) is 0.654. The highest BCUT2D eigenvalue weighted by Gasteiger charge is 2.39. The quantitative estimate of drug-likeness (QED) is 0.388. The number of nitrogens with one attached hydrogen (secondary N) is 2. The fourth-order valence-corrected chi connectivity index (χ4v) is 3.97.